The first-order valence-corrected chi connectivity index (χ1v) is 9.78. The van der Waals surface area contributed by atoms with Crippen LogP contribution in [-0.2, 0) is 38.1 Å². The van der Waals surface area contributed by atoms with Gasteiger partial charge in [0, 0.05) is 13.1 Å². The summed E-state index contributed by atoms with van der Waals surface area (Å²) < 4.78 is 18.6. The van der Waals surface area contributed by atoms with Crippen LogP contribution in [-0.4, -0.2) is 63.4 Å². The molecule has 0 aliphatic carbocycles. The molecule has 4 N–H and O–H groups in total. The molecule has 182 valence electrons. The standard InChI is InChI=1S/2C10H14O4.C2H8N2/c2*1-3-7-13-9(11)5-6-10(12)14-8-4-2;3-1-2-4/h2*3-4H,1-2,5-8H2;1-4H2. The number of esters is 4. The minimum absolute atomic E-state index is 0.0316. The van der Waals surface area contributed by atoms with E-state index in [2.05, 4.69) is 45.3 Å². The van der Waals surface area contributed by atoms with E-state index in [4.69, 9.17) is 11.5 Å². The molecule has 0 unspecified atom stereocenters. The van der Waals surface area contributed by atoms with E-state index >= 15 is 0 Å². The Morgan fingerprint density at radius 3 is 0.812 bits per heavy atom. The number of rotatable bonds is 15. The summed E-state index contributed by atoms with van der Waals surface area (Å²) in [5.41, 5.74) is 9.81. The van der Waals surface area contributed by atoms with E-state index in [0.717, 1.165) is 0 Å². The average Bonchev–Trinajstić information content (AvgIpc) is 2.81. The minimum atomic E-state index is -0.430. The first-order valence-electron chi connectivity index (χ1n) is 9.78. The normalized spacial score (nSPS) is 8.69. The Kier molecular flexibility index (Phi) is 29.0. The van der Waals surface area contributed by atoms with Crippen molar-refractivity contribution in [2.75, 3.05) is 39.5 Å². The molecule has 0 aliphatic rings. The summed E-state index contributed by atoms with van der Waals surface area (Å²) in [5, 5.41) is 0. The fraction of sp³-hybridized carbons (Fsp3) is 0.455. The fourth-order valence-corrected chi connectivity index (χ4v) is 1.30. The van der Waals surface area contributed by atoms with E-state index < -0.39 is 23.9 Å². The lowest BCUT2D eigenvalue weighted by molar-refractivity contribution is -0.149. The fourth-order valence-electron chi connectivity index (χ4n) is 1.30. The monoisotopic (exact) mass is 456 g/mol. The van der Waals surface area contributed by atoms with E-state index in [1.807, 2.05) is 0 Å². The number of nitrogens with two attached hydrogens (primary N) is 2. The second-order valence-corrected chi connectivity index (χ2v) is 5.46. The van der Waals surface area contributed by atoms with Gasteiger partial charge in [0.25, 0.3) is 0 Å². The van der Waals surface area contributed by atoms with Crippen molar-refractivity contribution in [1.82, 2.24) is 0 Å². The zero-order valence-corrected chi connectivity index (χ0v) is 18.6. The maximum atomic E-state index is 10.9. The number of ether oxygens (including phenoxy) is 4. The third-order valence-electron chi connectivity index (χ3n) is 2.68. The van der Waals surface area contributed by atoms with Crippen LogP contribution in [0.5, 0.6) is 0 Å². The Morgan fingerprint density at radius 1 is 0.500 bits per heavy atom. The predicted octanol–water partition coefficient (Wildman–Crippen LogP) is 1.35. The molecule has 0 radical (unpaired) electrons. The zero-order chi connectivity index (χ0) is 25.0. The highest BCUT2D eigenvalue weighted by molar-refractivity contribution is 5.78. The SMILES string of the molecule is C=CCOC(=O)CCC(=O)OCC=C.C=CCOC(=O)CCC(=O)OCC=C.NCCN. The van der Waals surface area contributed by atoms with Crippen LogP contribution in [0.25, 0.3) is 0 Å². The van der Waals surface area contributed by atoms with Crippen molar-refractivity contribution in [1.29, 1.82) is 0 Å². The third-order valence-corrected chi connectivity index (χ3v) is 2.68. The van der Waals surface area contributed by atoms with Crippen molar-refractivity contribution >= 4 is 23.9 Å². The highest BCUT2D eigenvalue weighted by Gasteiger charge is 2.08. The van der Waals surface area contributed by atoms with Crippen molar-refractivity contribution in [2.45, 2.75) is 25.7 Å². The Bertz CT molecular complexity index is 478. The van der Waals surface area contributed by atoms with Gasteiger partial charge >= 0.3 is 23.9 Å². The van der Waals surface area contributed by atoms with Crippen LogP contribution >= 0.6 is 0 Å². The molecule has 0 rings (SSSR count). The molecule has 0 spiro atoms. The molecule has 0 atom stereocenters. The summed E-state index contributed by atoms with van der Waals surface area (Å²) >= 11 is 0. The molecule has 0 amide bonds. The molecule has 0 bridgehead atoms. The predicted molar refractivity (Wildman–Crippen MR) is 121 cm³/mol. The average molecular weight is 457 g/mol. The van der Waals surface area contributed by atoms with E-state index in [1.54, 1.807) is 0 Å². The molecule has 0 aromatic heterocycles. The molecule has 0 aromatic carbocycles. The van der Waals surface area contributed by atoms with Crippen LogP contribution in [0.1, 0.15) is 25.7 Å². The van der Waals surface area contributed by atoms with Crippen LogP contribution in [0.15, 0.2) is 50.6 Å². The van der Waals surface area contributed by atoms with Gasteiger partial charge in [0.1, 0.15) is 26.4 Å². The molecule has 0 aromatic rings. The molecule has 0 saturated carbocycles. The van der Waals surface area contributed by atoms with Gasteiger partial charge < -0.3 is 30.4 Å². The largest absolute Gasteiger partial charge is 0.461 e. The third kappa shape index (κ3) is 31.5. The molecule has 10 heteroatoms. The first kappa shape index (κ1) is 33.4. The van der Waals surface area contributed by atoms with Gasteiger partial charge in [-0.2, -0.15) is 0 Å². The topological polar surface area (TPSA) is 157 Å². The molecule has 0 fully saturated rings. The molecule has 32 heavy (non-hydrogen) atoms. The van der Waals surface area contributed by atoms with E-state index in [9.17, 15) is 19.2 Å². The summed E-state index contributed by atoms with van der Waals surface area (Å²) in [6.07, 6.45) is 5.99. The summed E-state index contributed by atoms with van der Waals surface area (Å²) in [5.74, 6) is -1.72. The van der Waals surface area contributed by atoms with Gasteiger partial charge in [0.2, 0.25) is 0 Å². The van der Waals surface area contributed by atoms with Gasteiger partial charge in [-0.3, -0.25) is 19.2 Å². The Morgan fingerprint density at radius 2 is 0.688 bits per heavy atom. The van der Waals surface area contributed by atoms with Crippen LogP contribution in [0.2, 0.25) is 0 Å². The molecular weight excluding hydrogens is 420 g/mol. The lowest BCUT2D eigenvalue weighted by atomic mass is 10.3. The van der Waals surface area contributed by atoms with Gasteiger partial charge in [0.05, 0.1) is 25.7 Å². The van der Waals surface area contributed by atoms with Crippen molar-refractivity contribution in [3.8, 4) is 0 Å². The summed E-state index contributed by atoms with van der Waals surface area (Å²) in [6, 6.07) is 0. The second kappa shape index (κ2) is 27.8. The van der Waals surface area contributed by atoms with Crippen molar-refractivity contribution in [3.05, 3.63) is 50.6 Å². The Labute approximate surface area is 189 Å². The lowest BCUT2D eigenvalue weighted by Crippen LogP contribution is -2.11. The van der Waals surface area contributed by atoms with Gasteiger partial charge in [-0.1, -0.05) is 50.6 Å². The second-order valence-electron chi connectivity index (χ2n) is 5.46. The molecule has 0 saturated heterocycles. The smallest absolute Gasteiger partial charge is 0.306 e. The maximum Gasteiger partial charge on any atom is 0.306 e. The van der Waals surface area contributed by atoms with Crippen LogP contribution in [0, 0.1) is 0 Å². The van der Waals surface area contributed by atoms with Gasteiger partial charge in [-0.05, 0) is 0 Å². The van der Waals surface area contributed by atoms with Crippen molar-refractivity contribution < 1.29 is 38.1 Å². The number of carbonyl (C=O) groups is 4. The lowest BCUT2D eigenvalue weighted by Gasteiger charge is -2.02. The Hall–Kier alpha value is -3.24. The van der Waals surface area contributed by atoms with Crippen LogP contribution in [0.3, 0.4) is 0 Å². The van der Waals surface area contributed by atoms with E-state index in [0.29, 0.717) is 13.1 Å². The van der Waals surface area contributed by atoms with Crippen molar-refractivity contribution in [3.63, 3.8) is 0 Å². The van der Waals surface area contributed by atoms with Crippen molar-refractivity contribution in [2.24, 2.45) is 11.5 Å². The van der Waals surface area contributed by atoms with E-state index in [1.165, 1.54) is 24.3 Å². The molecule has 0 heterocycles. The van der Waals surface area contributed by atoms with Gasteiger partial charge in [0.15, 0.2) is 0 Å². The first-order chi connectivity index (χ1) is 15.3. The zero-order valence-electron chi connectivity index (χ0n) is 18.6. The highest BCUT2D eigenvalue weighted by atomic mass is 16.5. The Balaban J connectivity index is -0.000000450. The summed E-state index contributed by atoms with van der Waals surface area (Å²) in [7, 11) is 0. The minimum Gasteiger partial charge on any atom is -0.461 e. The van der Waals surface area contributed by atoms with E-state index in [-0.39, 0.29) is 52.1 Å². The molecular formula is C22H36N2O8. The van der Waals surface area contributed by atoms with Crippen LogP contribution in [0.4, 0.5) is 0 Å². The quantitative estimate of drug-likeness (QED) is 0.209. The molecule has 10 nitrogen and oxygen atoms in total. The summed E-state index contributed by atoms with van der Waals surface area (Å²) in [4.78, 5) is 43.5. The molecule has 0 aliphatic heterocycles. The number of hydrogen-bond acceptors (Lipinski definition) is 10. The van der Waals surface area contributed by atoms with Gasteiger partial charge in [-0.25, -0.2) is 0 Å². The number of hydrogen-bond donors (Lipinski definition) is 2. The number of carbonyl (C=O) groups excluding carboxylic acids is 4. The van der Waals surface area contributed by atoms with Gasteiger partial charge in [-0.15, -0.1) is 0 Å². The van der Waals surface area contributed by atoms with Crippen LogP contribution < -0.4 is 11.5 Å². The maximum absolute atomic E-state index is 10.9. The highest BCUT2D eigenvalue weighted by Crippen LogP contribution is 1.97. The summed E-state index contributed by atoms with van der Waals surface area (Å²) in [6.45, 7) is 15.4.